The van der Waals surface area contributed by atoms with Crippen molar-refractivity contribution in [2.24, 2.45) is 0 Å². The molecule has 0 saturated carbocycles. The third kappa shape index (κ3) is 7.17. The zero-order valence-electron chi connectivity index (χ0n) is 20.0. The number of aromatic nitrogens is 3. The Bertz CT molecular complexity index is 1510. The van der Waals surface area contributed by atoms with E-state index >= 15 is 0 Å². The number of hydrogen-bond acceptors (Lipinski definition) is 6. The number of benzene rings is 1. The summed E-state index contributed by atoms with van der Waals surface area (Å²) in [7, 11) is 0. The van der Waals surface area contributed by atoms with E-state index in [2.05, 4.69) is 33.2 Å². The van der Waals surface area contributed by atoms with Gasteiger partial charge in [-0.25, -0.2) is 0 Å². The summed E-state index contributed by atoms with van der Waals surface area (Å²) in [6, 6.07) is 21.8. The van der Waals surface area contributed by atoms with Gasteiger partial charge < -0.3 is 0 Å². The molecule has 4 rings (SSSR count). The summed E-state index contributed by atoms with van der Waals surface area (Å²) in [5.41, 5.74) is 4.21. The number of hydrogen-bond donors (Lipinski definition) is 0. The van der Waals surface area contributed by atoms with Crippen molar-refractivity contribution in [2.45, 2.75) is 0 Å². The fourth-order valence-electron chi connectivity index (χ4n) is 3.55. The van der Waals surface area contributed by atoms with E-state index in [0.29, 0.717) is 65.6 Å². The minimum absolute atomic E-state index is 0.308. The summed E-state index contributed by atoms with van der Waals surface area (Å²) < 4.78 is 0. The van der Waals surface area contributed by atoms with Crippen LogP contribution in [0.1, 0.15) is 33.8 Å². The van der Waals surface area contributed by atoms with Crippen molar-refractivity contribution in [1.29, 1.82) is 15.8 Å². The van der Waals surface area contributed by atoms with Crippen molar-refractivity contribution in [3.8, 4) is 18.2 Å². The van der Waals surface area contributed by atoms with Crippen LogP contribution < -0.4 is 0 Å². The van der Waals surface area contributed by atoms with Gasteiger partial charge in [-0.2, -0.15) is 15.8 Å². The molecule has 0 spiro atoms. The molecule has 0 fully saturated rings. The first-order valence-electron chi connectivity index (χ1n) is 11.2. The highest BCUT2D eigenvalue weighted by atomic mass is 35.5. The molecule has 0 amide bonds. The van der Waals surface area contributed by atoms with Crippen LogP contribution in [0.25, 0.3) is 34.9 Å². The van der Waals surface area contributed by atoms with Crippen molar-refractivity contribution in [3.05, 3.63) is 122 Å². The maximum atomic E-state index is 9.82. The molecule has 0 aliphatic heterocycles. The van der Waals surface area contributed by atoms with Gasteiger partial charge in [0.05, 0.1) is 48.9 Å². The third-order valence-electron chi connectivity index (χ3n) is 5.30. The summed E-state index contributed by atoms with van der Waals surface area (Å²) in [6.45, 7) is 0. The number of allylic oxidation sites excluding steroid dienone is 3. The summed E-state index contributed by atoms with van der Waals surface area (Å²) in [5, 5.41) is 30.8. The van der Waals surface area contributed by atoms with Crippen LogP contribution in [0.4, 0.5) is 0 Å². The fraction of sp³-hybridized carbons (Fsp3) is 0. The van der Waals surface area contributed by atoms with Gasteiger partial charge in [-0.1, -0.05) is 34.8 Å². The van der Waals surface area contributed by atoms with E-state index in [9.17, 15) is 15.8 Å². The van der Waals surface area contributed by atoms with E-state index in [4.69, 9.17) is 34.8 Å². The number of nitriles is 3. The molecule has 39 heavy (non-hydrogen) atoms. The Hall–Kier alpha value is -4.77. The van der Waals surface area contributed by atoms with Crippen LogP contribution in [-0.4, -0.2) is 15.0 Å². The molecule has 0 saturated heterocycles. The average Bonchev–Trinajstić information content (AvgIpc) is 2.95. The lowest BCUT2D eigenvalue weighted by molar-refractivity contribution is 1.28. The molecule has 3 heterocycles. The van der Waals surface area contributed by atoms with Crippen molar-refractivity contribution in [1.82, 2.24) is 15.0 Å². The maximum absolute atomic E-state index is 9.82. The van der Waals surface area contributed by atoms with Crippen LogP contribution >= 0.6 is 34.8 Å². The monoisotopic (exact) mass is 564 g/mol. The molecule has 4 aromatic rings. The van der Waals surface area contributed by atoms with Gasteiger partial charge in [0.2, 0.25) is 0 Å². The first-order chi connectivity index (χ1) is 18.9. The predicted molar refractivity (Wildman–Crippen MR) is 155 cm³/mol. The first kappa shape index (κ1) is 27.3. The molecular formula is C30H15Cl3N6. The third-order valence-corrected chi connectivity index (χ3v) is 5.98. The van der Waals surface area contributed by atoms with Gasteiger partial charge in [0.1, 0.15) is 18.2 Å². The molecule has 9 heteroatoms. The van der Waals surface area contributed by atoms with Crippen LogP contribution in [0.15, 0.2) is 73.2 Å². The number of nitrogens with zero attached hydrogens (tertiary/aromatic N) is 6. The molecule has 0 bridgehead atoms. The summed E-state index contributed by atoms with van der Waals surface area (Å²) in [6.07, 6.45) is 9.41. The quantitative estimate of drug-likeness (QED) is 0.219. The van der Waals surface area contributed by atoms with Crippen molar-refractivity contribution >= 4 is 69.8 Å². The molecule has 6 nitrogen and oxygen atoms in total. The molecule has 3 aromatic heterocycles. The van der Waals surface area contributed by atoms with E-state index in [1.807, 2.05) is 18.2 Å². The van der Waals surface area contributed by atoms with Crippen LogP contribution in [0.3, 0.4) is 0 Å². The molecule has 186 valence electrons. The van der Waals surface area contributed by atoms with Crippen LogP contribution in [0.5, 0.6) is 0 Å². The predicted octanol–water partition coefficient (Wildman–Crippen LogP) is 8.02. The molecule has 1 aromatic carbocycles. The molecular weight excluding hydrogens is 551 g/mol. The number of halogens is 3. The lowest BCUT2D eigenvalue weighted by Gasteiger charge is -2.06. The fourth-order valence-corrected chi connectivity index (χ4v) is 3.88. The van der Waals surface area contributed by atoms with Crippen molar-refractivity contribution < 1.29 is 0 Å². The van der Waals surface area contributed by atoms with Crippen LogP contribution in [0.2, 0.25) is 15.1 Å². The van der Waals surface area contributed by atoms with Crippen molar-refractivity contribution in [3.63, 3.8) is 0 Å². The van der Waals surface area contributed by atoms with Crippen LogP contribution in [-0.2, 0) is 0 Å². The Labute approximate surface area is 240 Å². The van der Waals surface area contributed by atoms with Gasteiger partial charge in [-0.05, 0) is 89.5 Å². The highest BCUT2D eigenvalue weighted by molar-refractivity contribution is 6.31. The Morgan fingerprint density at radius 1 is 0.513 bits per heavy atom. The Morgan fingerprint density at radius 3 is 1.00 bits per heavy atom. The van der Waals surface area contributed by atoms with Gasteiger partial charge in [0.25, 0.3) is 0 Å². The summed E-state index contributed by atoms with van der Waals surface area (Å²) in [4.78, 5) is 12.7. The lowest BCUT2D eigenvalue weighted by atomic mass is 9.99. The van der Waals surface area contributed by atoms with E-state index in [1.165, 1.54) is 18.6 Å². The molecule has 0 unspecified atom stereocenters. The van der Waals surface area contributed by atoms with E-state index in [-0.39, 0.29) is 0 Å². The largest absolute Gasteiger partial charge is 0.254 e. The average molecular weight is 566 g/mol. The molecule has 0 radical (unpaired) electrons. The van der Waals surface area contributed by atoms with E-state index in [0.717, 1.165) is 0 Å². The topological polar surface area (TPSA) is 110 Å². The SMILES string of the molecule is N#C/C(=C\c1cc(/C=C(\C#N)c2ccc(Cl)cn2)cc(/C=C(\C#N)c2ccc(Cl)cn2)c1)c1ccc(Cl)cn1. The van der Waals surface area contributed by atoms with Gasteiger partial charge >= 0.3 is 0 Å². The van der Waals surface area contributed by atoms with E-state index in [1.54, 1.807) is 54.6 Å². The van der Waals surface area contributed by atoms with Gasteiger partial charge in [0.15, 0.2) is 0 Å². The first-order valence-corrected chi connectivity index (χ1v) is 12.4. The second-order valence-electron chi connectivity index (χ2n) is 8.03. The minimum atomic E-state index is 0.308. The summed E-state index contributed by atoms with van der Waals surface area (Å²) >= 11 is 17.8. The van der Waals surface area contributed by atoms with Gasteiger partial charge in [-0.15, -0.1) is 0 Å². The Kier molecular flexibility index (Phi) is 8.85. The Morgan fingerprint density at radius 2 is 0.795 bits per heavy atom. The maximum Gasteiger partial charge on any atom is 0.101 e. The standard InChI is InChI=1S/C30H15Cl3N6/c31-25-1-4-28(37-16-25)22(13-34)10-19-7-20(11-23(14-35)29-5-2-26(32)17-38-29)9-21(8-19)12-24(15-36)30-6-3-27(33)18-39-30/h1-12,16-18H/b22-10+,23-11+,24-12+. The molecule has 0 aliphatic carbocycles. The van der Waals surface area contributed by atoms with Crippen molar-refractivity contribution in [2.75, 3.05) is 0 Å². The molecule has 0 N–H and O–H groups in total. The highest BCUT2D eigenvalue weighted by Crippen LogP contribution is 2.25. The summed E-state index contributed by atoms with van der Waals surface area (Å²) in [5.74, 6) is 0. The molecule has 0 aliphatic rings. The highest BCUT2D eigenvalue weighted by Gasteiger charge is 2.09. The lowest BCUT2D eigenvalue weighted by Crippen LogP contribution is -1.91. The van der Waals surface area contributed by atoms with Crippen LogP contribution in [0, 0.1) is 34.0 Å². The zero-order valence-corrected chi connectivity index (χ0v) is 22.2. The normalized spacial score (nSPS) is 11.8. The number of rotatable bonds is 6. The van der Waals surface area contributed by atoms with Gasteiger partial charge in [0, 0.05) is 18.6 Å². The minimum Gasteiger partial charge on any atom is -0.254 e. The second-order valence-corrected chi connectivity index (χ2v) is 9.34. The molecule has 0 atom stereocenters. The number of pyridine rings is 3. The zero-order chi connectivity index (χ0) is 27.8. The van der Waals surface area contributed by atoms with E-state index < -0.39 is 0 Å². The second kappa shape index (κ2) is 12.7. The van der Waals surface area contributed by atoms with Gasteiger partial charge in [-0.3, -0.25) is 15.0 Å². The Balaban J connectivity index is 1.87. The smallest absolute Gasteiger partial charge is 0.101 e.